The van der Waals surface area contributed by atoms with Crippen LogP contribution in [0.4, 0.5) is 11.4 Å². The Morgan fingerprint density at radius 1 is 0.969 bits per heavy atom. The van der Waals surface area contributed by atoms with Gasteiger partial charge >= 0.3 is 0 Å². The molecule has 1 spiro atoms. The molecule has 1 unspecified atom stereocenters. The molecule has 0 N–H and O–H groups in total. The predicted molar refractivity (Wildman–Crippen MR) is 131 cm³/mol. The Hall–Kier alpha value is -2.76. The van der Waals surface area contributed by atoms with Gasteiger partial charge in [-0.25, -0.2) is 0 Å². The van der Waals surface area contributed by atoms with Crippen LogP contribution in [0.25, 0.3) is 0 Å². The van der Waals surface area contributed by atoms with Crippen LogP contribution in [0.1, 0.15) is 36.5 Å². The third-order valence-electron chi connectivity index (χ3n) is 6.14. The molecule has 6 heteroatoms. The number of carbonyl (C=O) groups excluding carboxylic acids is 2. The van der Waals surface area contributed by atoms with Gasteiger partial charge in [-0.2, -0.15) is 0 Å². The first-order chi connectivity index (χ1) is 15.4. The van der Waals surface area contributed by atoms with E-state index in [0.29, 0.717) is 17.5 Å². The monoisotopic (exact) mass is 462 g/mol. The first-order valence-corrected chi connectivity index (χ1v) is 12.0. The Labute approximate surface area is 197 Å². The van der Waals surface area contributed by atoms with Crippen molar-refractivity contribution in [2.45, 2.75) is 31.2 Å². The lowest BCUT2D eigenvalue weighted by molar-refractivity contribution is -0.123. The predicted octanol–water partition coefficient (Wildman–Crippen LogP) is 5.94. The van der Waals surface area contributed by atoms with Crippen molar-refractivity contribution in [1.82, 2.24) is 0 Å². The second-order valence-electron chi connectivity index (χ2n) is 8.44. The van der Waals surface area contributed by atoms with E-state index in [9.17, 15) is 9.59 Å². The van der Waals surface area contributed by atoms with E-state index >= 15 is 0 Å². The topological polar surface area (TPSA) is 40.6 Å². The van der Waals surface area contributed by atoms with Gasteiger partial charge < -0.3 is 4.90 Å². The van der Waals surface area contributed by atoms with Crippen molar-refractivity contribution in [3.05, 3.63) is 94.5 Å². The van der Waals surface area contributed by atoms with Crippen LogP contribution in [0.3, 0.4) is 0 Å². The molecule has 1 fully saturated rings. The number of amides is 2. The molecule has 5 rings (SSSR count). The smallest absolute Gasteiger partial charge is 0.269 e. The molecule has 2 heterocycles. The molecule has 1 saturated heterocycles. The number of carbonyl (C=O) groups is 2. The summed E-state index contributed by atoms with van der Waals surface area (Å²) in [6.07, 6.45) is 0. The average molecular weight is 463 g/mol. The highest BCUT2D eigenvalue weighted by Crippen LogP contribution is 2.56. The molecule has 0 aromatic heterocycles. The van der Waals surface area contributed by atoms with Crippen LogP contribution < -0.4 is 9.80 Å². The van der Waals surface area contributed by atoms with E-state index in [1.165, 1.54) is 17.3 Å². The van der Waals surface area contributed by atoms with Crippen molar-refractivity contribution in [3.8, 4) is 0 Å². The van der Waals surface area contributed by atoms with Gasteiger partial charge in [0.1, 0.15) is 0 Å². The van der Waals surface area contributed by atoms with Gasteiger partial charge in [-0.15, -0.1) is 11.8 Å². The number of para-hydroxylation sites is 1. The summed E-state index contributed by atoms with van der Waals surface area (Å²) >= 11 is 7.45. The van der Waals surface area contributed by atoms with Crippen molar-refractivity contribution in [1.29, 1.82) is 0 Å². The van der Waals surface area contributed by atoms with E-state index in [-0.39, 0.29) is 17.6 Å². The number of nitrogens with zero attached hydrogens (tertiary/aromatic N) is 2. The minimum Gasteiger partial charge on any atom is -0.304 e. The van der Waals surface area contributed by atoms with E-state index in [0.717, 1.165) is 22.5 Å². The summed E-state index contributed by atoms with van der Waals surface area (Å²) in [6, 6.07) is 23.3. The van der Waals surface area contributed by atoms with Crippen molar-refractivity contribution in [2.24, 2.45) is 0 Å². The lowest BCUT2D eigenvalue weighted by atomic mass is 10.0. The third kappa shape index (κ3) is 3.23. The van der Waals surface area contributed by atoms with Gasteiger partial charge in [0.15, 0.2) is 0 Å². The lowest BCUT2D eigenvalue weighted by Gasteiger charge is -2.33. The molecule has 4 nitrogen and oxygen atoms in total. The van der Waals surface area contributed by atoms with Gasteiger partial charge in [0.25, 0.3) is 5.91 Å². The largest absolute Gasteiger partial charge is 0.304 e. The summed E-state index contributed by atoms with van der Waals surface area (Å²) in [5.74, 6) is 0.521. The van der Waals surface area contributed by atoms with Crippen molar-refractivity contribution in [3.63, 3.8) is 0 Å². The summed E-state index contributed by atoms with van der Waals surface area (Å²) in [6.45, 7) is 4.70. The number of benzene rings is 3. The summed E-state index contributed by atoms with van der Waals surface area (Å²) < 4.78 is 0. The van der Waals surface area contributed by atoms with Crippen LogP contribution >= 0.6 is 23.4 Å². The van der Waals surface area contributed by atoms with Gasteiger partial charge in [0.2, 0.25) is 10.8 Å². The fraction of sp³-hybridized carbons (Fsp3) is 0.231. The van der Waals surface area contributed by atoms with Crippen LogP contribution in [0.15, 0.2) is 72.8 Å². The highest BCUT2D eigenvalue weighted by atomic mass is 35.5. The van der Waals surface area contributed by atoms with Crippen LogP contribution in [-0.4, -0.2) is 17.6 Å². The minimum absolute atomic E-state index is 0.0520. The maximum atomic E-state index is 14.0. The zero-order chi connectivity index (χ0) is 22.5. The van der Waals surface area contributed by atoms with Crippen LogP contribution in [0.5, 0.6) is 0 Å². The molecule has 162 valence electrons. The number of halogens is 1. The highest BCUT2D eigenvalue weighted by Gasteiger charge is 2.60. The molecule has 32 heavy (non-hydrogen) atoms. The number of fused-ring (bicyclic) bond motifs is 2. The normalized spacial score (nSPS) is 20.0. The van der Waals surface area contributed by atoms with Crippen molar-refractivity contribution < 1.29 is 9.59 Å². The molecule has 0 radical (unpaired) electrons. The molecule has 0 bridgehead atoms. The first-order valence-electron chi connectivity index (χ1n) is 10.6. The number of anilines is 2. The molecular formula is C26H23ClN2O2S. The molecule has 0 saturated carbocycles. The number of thioether (sulfide) groups is 1. The Kier molecular flexibility index (Phi) is 5.26. The SMILES string of the molecule is CC(C)c1ccc(N2C(=O)CSC23C(=O)N(Cc2ccc(Cl)cc2)c2ccccc23)cc1. The molecule has 0 aliphatic carbocycles. The zero-order valence-electron chi connectivity index (χ0n) is 17.9. The summed E-state index contributed by atoms with van der Waals surface area (Å²) in [5, 5.41) is 0.659. The van der Waals surface area contributed by atoms with Crippen molar-refractivity contribution >= 4 is 46.6 Å². The van der Waals surface area contributed by atoms with E-state index in [1.807, 2.05) is 72.8 Å². The number of rotatable bonds is 4. The van der Waals surface area contributed by atoms with Crippen LogP contribution in [0.2, 0.25) is 5.02 Å². The Morgan fingerprint density at radius 2 is 1.66 bits per heavy atom. The molecule has 1 atom stereocenters. The molecule has 2 aliphatic heterocycles. The van der Waals surface area contributed by atoms with Gasteiger partial charge in [0.05, 0.1) is 18.0 Å². The standard InChI is InChI=1S/C26H23ClN2O2S/c1-17(2)19-9-13-21(14-10-19)29-24(30)16-32-26(29)22-5-3-4-6-23(22)28(25(26)31)15-18-7-11-20(27)12-8-18/h3-14,17H,15-16H2,1-2H3. The second kappa shape index (κ2) is 7.98. The average Bonchev–Trinajstić information content (AvgIpc) is 3.26. The van der Waals surface area contributed by atoms with Crippen LogP contribution in [0, 0.1) is 0 Å². The van der Waals surface area contributed by atoms with E-state index < -0.39 is 4.87 Å². The third-order valence-corrected chi connectivity index (χ3v) is 7.77. The first kappa shape index (κ1) is 21.1. The van der Waals surface area contributed by atoms with Gasteiger partial charge in [-0.1, -0.05) is 67.9 Å². The van der Waals surface area contributed by atoms with Gasteiger partial charge in [0, 0.05) is 16.3 Å². The zero-order valence-corrected chi connectivity index (χ0v) is 19.5. The fourth-order valence-electron chi connectivity index (χ4n) is 4.49. The fourth-order valence-corrected chi connectivity index (χ4v) is 5.98. The summed E-state index contributed by atoms with van der Waals surface area (Å²) in [7, 11) is 0. The Bertz CT molecular complexity index is 1190. The minimum atomic E-state index is -1.08. The quantitative estimate of drug-likeness (QED) is 0.481. The van der Waals surface area contributed by atoms with E-state index in [4.69, 9.17) is 11.6 Å². The maximum Gasteiger partial charge on any atom is 0.269 e. The summed E-state index contributed by atoms with van der Waals surface area (Å²) in [4.78, 5) is 29.6. The van der Waals surface area contributed by atoms with E-state index in [1.54, 1.807) is 9.80 Å². The molecule has 3 aromatic carbocycles. The lowest BCUT2D eigenvalue weighted by Crippen LogP contribution is -2.49. The van der Waals surface area contributed by atoms with Crippen molar-refractivity contribution in [2.75, 3.05) is 15.6 Å². The van der Waals surface area contributed by atoms with Gasteiger partial charge in [-0.3, -0.25) is 14.5 Å². The molecule has 2 aliphatic rings. The number of hydrogen-bond donors (Lipinski definition) is 0. The second-order valence-corrected chi connectivity index (χ2v) is 10.0. The Morgan fingerprint density at radius 3 is 2.34 bits per heavy atom. The molecule has 2 amide bonds. The number of hydrogen-bond acceptors (Lipinski definition) is 3. The maximum absolute atomic E-state index is 14.0. The summed E-state index contributed by atoms with van der Waals surface area (Å²) in [5.41, 5.74) is 4.64. The molecule has 3 aromatic rings. The van der Waals surface area contributed by atoms with Crippen LogP contribution in [-0.2, 0) is 21.0 Å². The Balaban J connectivity index is 1.60. The highest BCUT2D eigenvalue weighted by molar-refractivity contribution is 8.02. The van der Waals surface area contributed by atoms with Gasteiger partial charge in [-0.05, 0) is 47.4 Å². The van der Waals surface area contributed by atoms with E-state index in [2.05, 4.69) is 13.8 Å². The molecular weight excluding hydrogens is 440 g/mol.